The van der Waals surface area contributed by atoms with Gasteiger partial charge < -0.3 is 25.3 Å². The Morgan fingerprint density at radius 3 is 1.38 bits per heavy atom. The molecule has 4 aromatic rings. The molecule has 0 aliphatic carbocycles. The van der Waals surface area contributed by atoms with Crippen LogP contribution in [0.2, 0.25) is 0 Å². The summed E-state index contributed by atoms with van der Waals surface area (Å²) >= 11 is 11.2. The maximum absolute atomic E-state index is 8.19. The summed E-state index contributed by atoms with van der Waals surface area (Å²) in [5.74, 6) is 0. The van der Waals surface area contributed by atoms with Crippen molar-refractivity contribution in [3.8, 4) is 0 Å². The second-order valence-corrected chi connectivity index (χ2v) is 5.54. The summed E-state index contributed by atoms with van der Waals surface area (Å²) in [7, 11) is 0. The predicted molar refractivity (Wildman–Crippen MR) is 95.4 cm³/mol. The van der Waals surface area contributed by atoms with Crippen molar-refractivity contribution in [2.24, 2.45) is 0 Å². The Labute approximate surface area is 160 Å². The molecule has 3 nitrogen and oxygen atoms in total. The molecule has 0 spiro atoms. The molecule has 2 aromatic heterocycles. The van der Waals surface area contributed by atoms with Crippen LogP contribution in [0.15, 0.2) is 82.8 Å². The van der Waals surface area contributed by atoms with Crippen molar-refractivity contribution >= 4 is 47.1 Å². The Kier molecular flexibility index (Phi) is 7.21. The smallest absolute Gasteiger partial charge is 0.0511 e. The van der Waals surface area contributed by atoms with Crippen molar-refractivity contribution in [2.75, 3.05) is 0 Å². The molecule has 0 bridgehead atoms. The summed E-state index contributed by atoms with van der Waals surface area (Å²) in [5, 5.41) is 2.22. The number of nitrogens with zero attached hydrogens (tertiary/aromatic N) is 2. The van der Waals surface area contributed by atoms with Crippen molar-refractivity contribution in [3.05, 3.63) is 73.1 Å². The standard InChI is InChI=1S/2C9H7NS.O.V/c2*11-8-5-1-3-7-4-2-6-10-9(7)8;;/h2*1-6,11H;;/q;;;+2/p-2. The molecule has 0 saturated carbocycles. The van der Waals surface area contributed by atoms with Crippen LogP contribution in [0.4, 0.5) is 0 Å². The molecule has 0 saturated heterocycles. The SMILES string of the molecule is [O]=[V+2].[S-]c1cccc2cccnc12.[S-]c1cccc2cccnc12. The molecule has 0 radical (unpaired) electrons. The fourth-order valence-electron chi connectivity index (χ4n) is 2.15. The van der Waals surface area contributed by atoms with E-state index < -0.39 is 0 Å². The Morgan fingerprint density at radius 1 is 0.625 bits per heavy atom. The Hall–Kier alpha value is -1.92. The molecule has 0 unspecified atom stereocenters. The van der Waals surface area contributed by atoms with Gasteiger partial charge in [0.25, 0.3) is 0 Å². The molecule has 0 N–H and O–H groups in total. The molecule has 2 heterocycles. The largest absolute Gasteiger partial charge is 0.778 e. The van der Waals surface area contributed by atoms with E-state index >= 15 is 0 Å². The van der Waals surface area contributed by atoms with Gasteiger partial charge in [-0.15, -0.1) is 9.79 Å². The first-order valence-electron chi connectivity index (χ1n) is 6.95. The van der Waals surface area contributed by atoms with Crippen molar-refractivity contribution in [1.29, 1.82) is 0 Å². The van der Waals surface area contributed by atoms with Gasteiger partial charge in [0.1, 0.15) is 0 Å². The number of rotatable bonds is 0. The van der Waals surface area contributed by atoms with Crippen LogP contribution < -0.4 is 0 Å². The molecule has 0 fully saturated rings. The third-order valence-electron chi connectivity index (χ3n) is 3.19. The average Bonchev–Trinajstić information content (AvgIpc) is 2.65. The summed E-state index contributed by atoms with van der Waals surface area (Å²) in [5.41, 5.74) is 1.84. The first-order valence-corrected chi connectivity index (χ1v) is 8.34. The molecule has 4 rings (SSSR count). The van der Waals surface area contributed by atoms with Crippen LogP contribution >= 0.6 is 0 Å². The van der Waals surface area contributed by atoms with Gasteiger partial charge >= 0.3 is 21.0 Å². The minimum absolute atomic E-state index is 0.822. The molecular formula is C18H12N2OS2V. The Bertz CT molecular complexity index is 862. The van der Waals surface area contributed by atoms with Gasteiger partial charge in [0, 0.05) is 12.4 Å². The van der Waals surface area contributed by atoms with E-state index in [0.29, 0.717) is 0 Å². The van der Waals surface area contributed by atoms with Gasteiger partial charge in [-0.25, -0.2) is 0 Å². The van der Waals surface area contributed by atoms with Gasteiger partial charge in [-0.3, -0.25) is 9.97 Å². The van der Waals surface area contributed by atoms with Crippen molar-refractivity contribution < 1.29 is 21.0 Å². The monoisotopic (exact) mass is 387 g/mol. The van der Waals surface area contributed by atoms with Crippen LogP contribution in [0.1, 0.15) is 0 Å². The number of aromatic nitrogens is 2. The van der Waals surface area contributed by atoms with Crippen molar-refractivity contribution in [1.82, 2.24) is 9.97 Å². The molecular weight excluding hydrogens is 375 g/mol. The van der Waals surface area contributed by atoms with Crippen LogP contribution in [-0.2, 0) is 46.3 Å². The summed E-state index contributed by atoms with van der Waals surface area (Å²) in [6, 6.07) is 19.6. The summed E-state index contributed by atoms with van der Waals surface area (Å²) in [6.45, 7) is 0. The second-order valence-electron chi connectivity index (χ2n) is 4.66. The van der Waals surface area contributed by atoms with E-state index in [1.165, 1.54) is 0 Å². The Morgan fingerprint density at radius 2 is 1.00 bits per heavy atom. The van der Waals surface area contributed by atoms with E-state index in [9.17, 15) is 0 Å². The quantitative estimate of drug-likeness (QED) is 0.424. The normalized spacial score (nSPS) is 9.58. The van der Waals surface area contributed by atoms with Crippen LogP contribution in [0.3, 0.4) is 0 Å². The first kappa shape index (κ1) is 18.4. The van der Waals surface area contributed by atoms with E-state index in [-0.39, 0.29) is 0 Å². The molecule has 2 aromatic carbocycles. The summed E-state index contributed by atoms with van der Waals surface area (Å²) in [6.07, 6.45) is 3.52. The second kappa shape index (κ2) is 9.40. The molecule has 0 amide bonds. The van der Waals surface area contributed by atoms with Crippen molar-refractivity contribution in [2.45, 2.75) is 9.79 Å². The van der Waals surface area contributed by atoms with E-state index in [0.717, 1.165) is 49.0 Å². The molecule has 6 heteroatoms. The summed E-state index contributed by atoms with van der Waals surface area (Å²) < 4.78 is 8.19. The molecule has 0 aliphatic heterocycles. The molecule has 24 heavy (non-hydrogen) atoms. The zero-order valence-electron chi connectivity index (χ0n) is 12.5. The number of para-hydroxylation sites is 2. The molecule has 117 valence electrons. The van der Waals surface area contributed by atoms with Gasteiger partial charge in [0.15, 0.2) is 0 Å². The van der Waals surface area contributed by atoms with E-state index in [2.05, 4.69) is 9.97 Å². The minimum atomic E-state index is 0.822. The third kappa shape index (κ3) is 4.55. The van der Waals surface area contributed by atoms with Gasteiger partial charge in [-0.2, -0.15) is 0 Å². The topological polar surface area (TPSA) is 42.9 Å². The fraction of sp³-hybridized carbons (Fsp3) is 0. The fourth-order valence-corrected chi connectivity index (χ4v) is 2.65. The number of hydrogen-bond donors (Lipinski definition) is 0. The van der Waals surface area contributed by atoms with E-state index in [1.807, 2.05) is 60.7 Å². The zero-order chi connectivity index (χ0) is 17.4. The van der Waals surface area contributed by atoms with Gasteiger partial charge in [0.2, 0.25) is 0 Å². The van der Waals surface area contributed by atoms with Gasteiger partial charge in [-0.1, -0.05) is 48.5 Å². The predicted octanol–water partition coefficient (Wildman–Crippen LogP) is 4.16. The van der Waals surface area contributed by atoms with E-state index in [1.54, 1.807) is 12.4 Å². The number of fused-ring (bicyclic) bond motifs is 2. The van der Waals surface area contributed by atoms with Crippen LogP contribution in [-0.4, -0.2) is 9.97 Å². The minimum Gasteiger partial charge on any atom is -0.778 e. The van der Waals surface area contributed by atoms with E-state index in [4.69, 9.17) is 28.9 Å². The van der Waals surface area contributed by atoms with Crippen LogP contribution in [0.25, 0.3) is 21.8 Å². The maximum Gasteiger partial charge on any atom is 0.0511 e. The maximum atomic E-state index is 8.19. The van der Waals surface area contributed by atoms with Gasteiger partial charge in [-0.05, 0) is 22.9 Å². The molecule has 0 aliphatic rings. The van der Waals surface area contributed by atoms with Crippen molar-refractivity contribution in [3.63, 3.8) is 0 Å². The third-order valence-corrected chi connectivity index (χ3v) is 3.85. The van der Waals surface area contributed by atoms with Gasteiger partial charge in [0.05, 0.1) is 11.0 Å². The average molecular weight is 387 g/mol. The summed E-state index contributed by atoms with van der Waals surface area (Å²) in [4.78, 5) is 10.00. The number of benzene rings is 2. The number of hydrogen-bond acceptors (Lipinski definition) is 5. The Balaban J connectivity index is 0.000000158. The molecule has 0 atom stereocenters. The number of pyridine rings is 2. The van der Waals surface area contributed by atoms with Crippen LogP contribution in [0.5, 0.6) is 0 Å². The zero-order valence-corrected chi connectivity index (χ0v) is 15.5. The first-order chi connectivity index (χ1) is 11.8. The van der Waals surface area contributed by atoms with Crippen LogP contribution in [0, 0.1) is 0 Å².